The van der Waals surface area contributed by atoms with E-state index in [1.807, 2.05) is 11.1 Å². The monoisotopic (exact) mass is 341 g/mol. The van der Waals surface area contributed by atoms with Gasteiger partial charge in [0.15, 0.2) is 6.23 Å². The lowest BCUT2D eigenvalue weighted by Crippen LogP contribution is -2.52. The van der Waals surface area contributed by atoms with Crippen LogP contribution in [0.3, 0.4) is 0 Å². The number of nitrogens with one attached hydrogen (secondary N) is 1. The van der Waals surface area contributed by atoms with Crippen molar-refractivity contribution in [2.45, 2.75) is 51.5 Å². The van der Waals surface area contributed by atoms with Gasteiger partial charge in [-0.2, -0.15) is 0 Å². The molecular weight excluding hydrogens is 313 g/mol. The average Bonchev–Trinajstić information content (AvgIpc) is 2.48. The molecule has 0 spiro atoms. The molecule has 2 heterocycles. The number of hydrogen-bond acceptors (Lipinski definition) is 5. The molecule has 24 heavy (non-hydrogen) atoms. The minimum absolute atomic E-state index is 0.0840. The first kappa shape index (κ1) is 18.7. The van der Waals surface area contributed by atoms with Crippen molar-refractivity contribution >= 4 is 6.09 Å². The second-order valence-corrected chi connectivity index (χ2v) is 7.20. The van der Waals surface area contributed by atoms with Crippen molar-refractivity contribution < 1.29 is 19.0 Å². The lowest BCUT2D eigenvalue weighted by molar-refractivity contribution is 0.00236. The fourth-order valence-electron chi connectivity index (χ4n) is 3.02. The van der Waals surface area contributed by atoms with Crippen LogP contribution in [0.5, 0.6) is 0 Å². The normalized spacial score (nSPS) is 25.4. The number of carbonyl (C=O) groups is 1. The Morgan fingerprint density at radius 1 is 1.50 bits per heavy atom. The maximum atomic E-state index is 12.6. The van der Waals surface area contributed by atoms with E-state index in [2.05, 4.69) is 10.2 Å². The van der Waals surface area contributed by atoms with Gasteiger partial charge in [0, 0.05) is 25.3 Å². The van der Waals surface area contributed by atoms with Crippen LogP contribution >= 0.6 is 0 Å². The molecule has 2 aliphatic heterocycles. The Labute approximate surface area is 142 Å². The molecule has 7 heteroatoms. The van der Waals surface area contributed by atoms with Crippen LogP contribution < -0.4 is 5.32 Å². The average molecular weight is 341 g/mol. The van der Waals surface area contributed by atoms with Crippen molar-refractivity contribution in [2.24, 2.45) is 0 Å². The van der Waals surface area contributed by atoms with Crippen molar-refractivity contribution in [3.8, 4) is 0 Å². The summed E-state index contributed by atoms with van der Waals surface area (Å²) in [6.07, 6.45) is 5.60. The van der Waals surface area contributed by atoms with E-state index < -0.39 is 17.9 Å². The smallest absolute Gasteiger partial charge is 0.412 e. The fourth-order valence-corrected chi connectivity index (χ4v) is 3.02. The van der Waals surface area contributed by atoms with Crippen LogP contribution in [0.4, 0.5) is 9.18 Å². The molecule has 2 N–H and O–H groups in total. The lowest BCUT2D eigenvalue weighted by Gasteiger charge is -2.42. The molecule has 0 radical (unpaired) electrons. The number of likely N-dealkylation sites (tertiary alicyclic amines) is 1. The Bertz CT molecular complexity index is 500. The van der Waals surface area contributed by atoms with Gasteiger partial charge >= 0.3 is 6.09 Å². The predicted octanol–water partition coefficient (Wildman–Crippen LogP) is 1.98. The van der Waals surface area contributed by atoms with Crippen molar-refractivity contribution in [1.82, 2.24) is 15.1 Å². The van der Waals surface area contributed by atoms with Crippen LogP contribution in [0.2, 0.25) is 0 Å². The summed E-state index contributed by atoms with van der Waals surface area (Å²) >= 11 is 0. The number of alkyl halides is 1. The molecule has 0 saturated carbocycles. The molecule has 2 aliphatic rings. The number of hydrogen-bond donors (Lipinski definition) is 2. The van der Waals surface area contributed by atoms with Gasteiger partial charge in [0.2, 0.25) is 0 Å². The van der Waals surface area contributed by atoms with E-state index >= 15 is 0 Å². The van der Waals surface area contributed by atoms with Gasteiger partial charge in [0.25, 0.3) is 0 Å². The Morgan fingerprint density at radius 2 is 2.25 bits per heavy atom. The summed E-state index contributed by atoms with van der Waals surface area (Å²) in [4.78, 5) is 15.8. The third-order valence-electron chi connectivity index (χ3n) is 4.04. The summed E-state index contributed by atoms with van der Waals surface area (Å²) in [5.74, 6) is 0. The maximum Gasteiger partial charge on any atom is 0.412 e. The number of amides is 1. The highest BCUT2D eigenvalue weighted by Crippen LogP contribution is 2.23. The molecular formula is C17H28FN3O3. The topological polar surface area (TPSA) is 65.0 Å². The summed E-state index contributed by atoms with van der Waals surface area (Å²) in [6, 6.07) is 0.0840. The van der Waals surface area contributed by atoms with E-state index in [1.165, 1.54) is 0 Å². The Hall–Kier alpha value is -1.60. The molecule has 6 nitrogen and oxygen atoms in total. The molecule has 0 aliphatic carbocycles. The minimum Gasteiger partial charge on any atom is -0.444 e. The fraction of sp³-hybridized carbons (Fsp3) is 0.706. The first-order chi connectivity index (χ1) is 11.3. The first-order valence-corrected chi connectivity index (χ1v) is 8.42. The van der Waals surface area contributed by atoms with Gasteiger partial charge in [-0.15, -0.1) is 0 Å². The molecule has 1 fully saturated rings. The number of aliphatic hydroxyl groups is 1. The number of rotatable bonds is 4. The van der Waals surface area contributed by atoms with Crippen LogP contribution in [0.1, 0.15) is 33.6 Å². The van der Waals surface area contributed by atoms with E-state index in [0.717, 1.165) is 19.4 Å². The molecule has 136 valence electrons. The SMILES string of the molecule is CC(C)(C)OC(=O)NC1=CC=CN([C@@H]2CCCN(CCF)C2)C1O. The third-order valence-corrected chi connectivity index (χ3v) is 4.04. The molecule has 0 aromatic rings. The third kappa shape index (κ3) is 5.21. The molecule has 0 aromatic carbocycles. The number of carbonyl (C=O) groups excluding carboxylic acids is 1. The number of piperidine rings is 1. The largest absolute Gasteiger partial charge is 0.444 e. The zero-order valence-corrected chi connectivity index (χ0v) is 14.7. The predicted molar refractivity (Wildman–Crippen MR) is 89.9 cm³/mol. The quantitative estimate of drug-likeness (QED) is 0.819. The Morgan fingerprint density at radius 3 is 2.92 bits per heavy atom. The van der Waals surface area contributed by atoms with Gasteiger partial charge in [0.05, 0.1) is 5.70 Å². The summed E-state index contributed by atoms with van der Waals surface area (Å²) in [7, 11) is 0. The Kier molecular flexibility index (Phi) is 6.23. The zero-order valence-electron chi connectivity index (χ0n) is 14.7. The zero-order chi connectivity index (χ0) is 17.7. The van der Waals surface area contributed by atoms with Crippen molar-refractivity contribution in [3.05, 3.63) is 24.0 Å². The van der Waals surface area contributed by atoms with Gasteiger partial charge in [-0.3, -0.25) is 10.2 Å². The molecule has 0 bridgehead atoms. The summed E-state index contributed by atoms with van der Waals surface area (Å²) < 4.78 is 17.8. The lowest BCUT2D eigenvalue weighted by atomic mass is 10.0. The standard InChI is InChI=1S/C17H28FN3O3/c1-17(2,3)24-16(23)19-14-7-5-10-21(15(14)22)13-6-4-9-20(12-13)11-8-18/h5,7,10,13,15,22H,4,6,8-9,11-12H2,1-3H3,(H,19,23)/t13-,15?/m1/s1. The number of allylic oxidation sites excluding steroid dienone is 2. The second-order valence-electron chi connectivity index (χ2n) is 7.20. The first-order valence-electron chi connectivity index (χ1n) is 8.42. The van der Waals surface area contributed by atoms with Crippen LogP contribution in [0.25, 0.3) is 0 Å². The summed E-state index contributed by atoms with van der Waals surface area (Å²) in [6.45, 7) is 6.99. The van der Waals surface area contributed by atoms with Crippen molar-refractivity contribution in [3.63, 3.8) is 0 Å². The molecule has 2 atom stereocenters. The van der Waals surface area contributed by atoms with E-state index in [0.29, 0.717) is 18.8 Å². The number of alkyl carbamates (subject to hydrolysis) is 1. The van der Waals surface area contributed by atoms with E-state index in [-0.39, 0.29) is 12.7 Å². The number of nitrogens with zero attached hydrogens (tertiary/aromatic N) is 2. The van der Waals surface area contributed by atoms with Crippen LogP contribution in [-0.4, -0.2) is 65.2 Å². The van der Waals surface area contributed by atoms with Crippen molar-refractivity contribution in [2.75, 3.05) is 26.3 Å². The Balaban J connectivity index is 1.96. The highest BCUT2D eigenvalue weighted by atomic mass is 19.1. The van der Waals surface area contributed by atoms with Gasteiger partial charge in [-0.1, -0.05) is 0 Å². The van der Waals surface area contributed by atoms with Gasteiger partial charge in [0.1, 0.15) is 12.3 Å². The van der Waals surface area contributed by atoms with E-state index in [1.54, 1.807) is 32.9 Å². The molecule has 1 unspecified atom stereocenters. The second kappa shape index (κ2) is 7.98. The minimum atomic E-state index is -0.946. The number of halogens is 1. The molecule has 1 saturated heterocycles. The van der Waals surface area contributed by atoms with Crippen molar-refractivity contribution in [1.29, 1.82) is 0 Å². The maximum absolute atomic E-state index is 12.6. The number of aliphatic hydroxyl groups excluding tert-OH is 1. The summed E-state index contributed by atoms with van der Waals surface area (Å²) in [5, 5.41) is 13.2. The van der Waals surface area contributed by atoms with E-state index in [9.17, 15) is 14.3 Å². The number of ether oxygens (including phenoxy) is 1. The van der Waals surface area contributed by atoms with Crippen LogP contribution in [-0.2, 0) is 4.74 Å². The molecule has 2 rings (SSSR count). The van der Waals surface area contributed by atoms with Crippen LogP contribution in [0, 0.1) is 0 Å². The van der Waals surface area contributed by atoms with Gasteiger partial charge in [-0.25, -0.2) is 9.18 Å². The summed E-state index contributed by atoms with van der Waals surface area (Å²) in [5.41, 5.74) is -0.217. The highest BCUT2D eigenvalue weighted by Gasteiger charge is 2.31. The molecule has 1 amide bonds. The van der Waals surface area contributed by atoms with Gasteiger partial charge in [-0.05, 0) is 52.3 Å². The highest BCUT2D eigenvalue weighted by molar-refractivity contribution is 5.70. The van der Waals surface area contributed by atoms with Gasteiger partial charge < -0.3 is 14.7 Å². The van der Waals surface area contributed by atoms with E-state index in [4.69, 9.17) is 4.74 Å². The van der Waals surface area contributed by atoms with Crippen LogP contribution in [0.15, 0.2) is 24.0 Å². The molecule has 0 aromatic heterocycles.